The second kappa shape index (κ2) is 6.61. The van der Waals surface area contributed by atoms with E-state index < -0.39 is 5.97 Å². The quantitative estimate of drug-likeness (QED) is 0.848. The molecule has 0 aliphatic rings. The summed E-state index contributed by atoms with van der Waals surface area (Å²) < 4.78 is 7.68. The molecule has 0 spiro atoms. The number of aryl methyl sites for hydroxylation is 1. The Morgan fingerprint density at radius 2 is 2.19 bits per heavy atom. The molecule has 0 saturated carbocycles. The number of aromatic nitrogens is 2. The van der Waals surface area contributed by atoms with Crippen molar-refractivity contribution in [3.8, 4) is 5.75 Å². The summed E-state index contributed by atoms with van der Waals surface area (Å²) in [5, 5.41) is 8.76. The van der Waals surface area contributed by atoms with Crippen LogP contribution in [0.15, 0.2) is 18.2 Å². The van der Waals surface area contributed by atoms with Crippen molar-refractivity contribution in [3.63, 3.8) is 0 Å². The van der Waals surface area contributed by atoms with E-state index >= 15 is 0 Å². The Labute approximate surface area is 124 Å². The number of imidazole rings is 1. The Bertz CT molecular complexity index is 632. The number of carbonyl (C=O) groups is 1. The van der Waals surface area contributed by atoms with Gasteiger partial charge in [-0.15, -0.1) is 0 Å². The molecule has 2 rings (SSSR count). The summed E-state index contributed by atoms with van der Waals surface area (Å²) in [5.74, 6) is 0.992. The number of carboxylic acid groups (broad SMARTS) is 1. The van der Waals surface area contributed by atoms with Crippen molar-refractivity contribution in [2.45, 2.75) is 46.1 Å². The van der Waals surface area contributed by atoms with Crippen LogP contribution in [0.4, 0.5) is 0 Å². The molecule has 0 amide bonds. The third-order valence-electron chi connectivity index (χ3n) is 3.35. The highest BCUT2D eigenvalue weighted by Gasteiger charge is 2.14. The van der Waals surface area contributed by atoms with Gasteiger partial charge >= 0.3 is 5.97 Å². The van der Waals surface area contributed by atoms with Gasteiger partial charge in [0.1, 0.15) is 11.6 Å². The number of hydrogen-bond donors (Lipinski definition) is 1. The van der Waals surface area contributed by atoms with Gasteiger partial charge in [-0.05, 0) is 39.3 Å². The van der Waals surface area contributed by atoms with E-state index in [1.807, 2.05) is 25.1 Å². The molecule has 0 radical (unpaired) electrons. The maximum atomic E-state index is 10.7. The van der Waals surface area contributed by atoms with Gasteiger partial charge in [-0.1, -0.05) is 0 Å². The highest BCUT2D eigenvalue weighted by molar-refractivity contribution is 5.78. The molecule has 1 aromatic heterocycles. The largest absolute Gasteiger partial charge is 0.494 e. The summed E-state index contributed by atoms with van der Waals surface area (Å²) in [4.78, 5) is 15.3. The minimum Gasteiger partial charge on any atom is -0.494 e. The third kappa shape index (κ3) is 3.54. The fourth-order valence-corrected chi connectivity index (χ4v) is 2.54. The van der Waals surface area contributed by atoms with E-state index in [0.29, 0.717) is 19.4 Å². The van der Waals surface area contributed by atoms with E-state index in [1.165, 1.54) is 0 Å². The van der Waals surface area contributed by atoms with Crippen molar-refractivity contribution in [3.05, 3.63) is 24.0 Å². The monoisotopic (exact) mass is 290 g/mol. The SMILES string of the molecule is CCOc1ccc2c(c1)nc(CCCC(=O)O)n2C(C)C. The molecule has 114 valence electrons. The molecule has 5 heteroatoms. The number of carboxylic acids is 1. The number of aliphatic carboxylic acids is 1. The van der Waals surface area contributed by atoms with Crippen LogP contribution in [0.5, 0.6) is 5.75 Å². The predicted octanol–water partition coefficient (Wildman–Crippen LogP) is 3.42. The number of ether oxygens (including phenoxy) is 1. The van der Waals surface area contributed by atoms with E-state index in [9.17, 15) is 4.79 Å². The lowest BCUT2D eigenvalue weighted by Gasteiger charge is -2.13. The molecule has 0 saturated heterocycles. The lowest BCUT2D eigenvalue weighted by Crippen LogP contribution is -2.07. The maximum absolute atomic E-state index is 10.7. The second-order valence-electron chi connectivity index (χ2n) is 5.32. The average Bonchev–Trinajstić information content (AvgIpc) is 2.76. The molecule has 0 atom stereocenters. The average molecular weight is 290 g/mol. The van der Waals surface area contributed by atoms with Gasteiger partial charge < -0.3 is 14.4 Å². The van der Waals surface area contributed by atoms with Crippen LogP contribution in [0.1, 0.15) is 45.5 Å². The first-order valence-electron chi connectivity index (χ1n) is 7.38. The molecule has 0 fully saturated rings. The van der Waals surface area contributed by atoms with E-state index in [4.69, 9.17) is 9.84 Å². The number of hydrogen-bond acceptors (Lipinski definition) is 3. The summed E-state index contributed by atoms with van der Waals surface area (Å²) in [7, 11) is 0. The molecule has 0 aliphatic carbocycles. The fraction of sp³-hybridized carbons (Fsp3) is 0.500. The molecule has 1 heterocycles. The second-order valence-corrected chi connectivity index (χ2v) is 5.32. The van der Waals surface area contributed by atoms with Crippen LogP contribution in [0.3, 0.4) is 0 Å². The number of nitrogens with zero attached hydrogens (tertiary/aromatic N) is 2. The smallest absolute Gasteiger partial charge is 0.303 e. The van der Waals surface area contributed by atoms with Crippen LogP contribution < -0.4 is 4.74 Å². The highest BCUT2D eigenvalue weighted by atomic mass is 16.5. The Kier molecular flexibility index (Phi) is 4.83. The molecule has 21 heavy (non-hydrogen) atoms. The molecular weight excluding hydrogens is 268 g/mol. The molecule has 1 aromatic carbocycles. The topological polar surface area (TPSA) is 64.3 Å². The van der Waals surface area contributed by atoms with Crippen molar-refractivity contribution in [1.82, 2.24) is 9.55 Å². The summed E-state index contributed by atoms with van der Waals surface area (Å²) in [5.41, 5.74) is 1.97. The van der Waals surface area contributed by atoms with E-state index in [2.05, 4.69) is 23.4 Å². The first kappa shape index (κ1) is 15.4. The van der Waals surface area contributed by atoms with Crippen molar-refractivity contribution in [1.29, 1.82) is 0 Å². The zero-order chi connectivity index (χ0) is 15.4. The zero-order valence-electron chi connectivity index (χ0n) is 12.8. The van der Waals surface area contributed by atoms with Crippen LogP contribution in [0.2, 0.25) is 0 Å². The number of rotatable bonds is 7. The molecule has 0 aliphatic heterocycles. The van der Waals surface area contributed by atoms with Gasteiger partial charge in [0.15, 0.2) is 0 Å². The molecule has 2 aromatic rings. The first-order chi connectivity index (χ1) is 10.0. The van der Waals surface area contributed by atoms with Gasteiger partial charge in [0.05, 0.1) is 17.6 Å². The van der Waals surface area contributed by atoms with E-state index in [1.54, 1.807) is 0 Å². The van der Waals surface area contributed by atoms with Crippen LogP contribution in [-0.4, -0.2) is 27.2 Å². The first-order valence-corrected chi connectivity index (χ1v) is 7.38. The summed E-state index contributed by atoms with van der Waals surface area (Å²) in [6, 6.07) is 6.20. The standard InChI is InChI=1S/C16H22N2O3/c1-4-21-12-8-9-14-13(10-12)17-15(18(14)11(2)3)6-5-7-16(19)20/h8-11H,4-7H2,1-3H3,(H,19,20). The molecule has 0 bridgehead atoms. The van der Waals surface area contributed by atoms with Crippen molar-refractivity contribution < 1.29 is 14.6 Å². The number of fused-ring (bicyclic) bond motifs is 1. The van der Waals surface area contributed by atoms with Crippen LogP contribution in [-0.2, 0) is 11.2 Å². The summed E-state index contributed by atoms with van der Waals surface area (Å²) in [6.45, 7) is 6.80. The Morgan fingerprint density at radius 3 is 2.81 bits per heavy atom. The third-order valence-corrected chi connectivity index (χ3v) is 3.35. The van der Waals surface area contributed by atoms with Gasteiger partial charge in [0.25, 0.3) is 0 Å². The number of benzene rings is 1. The highest BCUT2D eigenvalue weighted by Crippen LogP contribution is 2.25. The minimum absolute atomic E-state index is 0.172. The van der Waals surface area contributed by atoms with E-state index in [0.717, 1.165) is 22.6 Å². The predicted molar refractivity (Wildman–Crippen MR) is 81.9 cm³/mol. The van der Waals surface area contributed by atoms with Crippen molar-refractivity contribution >= 4 is 17.0 Å². The Balaban J connectivity index is 2.34. The Hall–Kier alpha value is -2.04. The Morgan fingerprint density at radius 1 is 1.43 bits per heavy atom. The minimum atomic E-state index is -0.763. The van der Waals surface area contributed by atoms with Gasteiger partial charge in [0.2, 0.25) is 0 Å². The lowest BCUT2D eigenvalue weighted by molar-refractivity contribution is -0.137. The summed E-state index contributed by atoms with van der Waals surface area (Å²) >= 11 is 0. The van der Waals surface area contributed by atoms with E-state index in [-0.39, 0.29) is 12.5 Å². The van der Waals surface area contributed by atoms with Crippen molar-refractivity contribution in [2.24, 2.45) is 0 Å². The summed E-state index contributed by atoms with van der Waals surface area (Å²) in [6.07, 6.45) is 1.44. The maximum Gasteiger partial charge on any atom is 0.303 e. The molecule has 5 nitrogen and oxygen atoms in total. The molecule has 0 unspecified atom stereocenters. The molecular formula is C16H22N2O3. The van der Waals surface area contributed by atoms with Gasteiger partial charge in [0, 0.05) is 24.9 Å². The van der Waals surface area contributed by atoms with Gasteiger partial charge in [-0.2, -0.15) is 0 Å². The van der Waals surface area contributed by atoms with Crippen LogP contribution in [0, 0.1) is 0 Å². The molecule has 1 N–H and O–H groups in total. The van der Waals surface area contributed by atoms with Crippen molar-refractivity contribution in [2.75, 3.05) is 6.61 Å². The fourth-order valence-electron chi connectivity index (χ4n) is 2.54. The lowest BCUT2D eigenvalue weighted by atomic mass is 10.2. The van der Waals surface area contributed by atoms with Gasteiger partial charge in [-0.3, -0.25) is 4.79 Å². The van der Waals surface area contributed by atoms with Crippen LogP contribution >= 0.6 is 0 Å². The normalized spacial score (nSPS) is 11.2. The zero-order valence-corrected chi connectivity index (χ0v) is 12.8. The van der Waals surface area contributed by atoms with Gasteiger partial charge in [-0.25, -0.2) is 4.98 Å². The van der Waals surface area contributed by atoms with Crippen LogP contribution in [0.25, 0.3) is 11.0 Å².